The van der Waals surface area contributed by atoms with Crippen molar-refractivity contribution in [3.05, 3.63) is 83.4 Å². The number of rotatable bonds is 13. The second-order valence-corrected chi connectivity index (χ2v) is 8.30. The van der Waals surface area contributed by atoms with E-state index in [9.17, 15) is 9.59 Å². The van der Waals surface area contributed by atoms with Crippen LogP contribution in [0.2, 0.25) is 0 Å². The quantitative estimate of drug-likeness (QED) is 0.246. The van der Waals surface area contributed by atoms with Crippen LogP contribution < -0.4 is 29.6 Å². The van der Waals surface area contributed by atoms with E-state index in [0.29, 0.717) is 46.3 Å². The first-order valence-electron chi connectivity index (χ1n) is 12.2. The van der Waals surface area contributed by atoms with Gasteiger partial charge in [0, 0.05) is 11.1 Å². The lowest BCUT2D eigenvalue weighted by Gasteiger charge is -2.22. The maximum Gasteiger partial charge on any atom is 0.253 e. The molecule has 0 saturated carbocycles. The number of amides is 2. The van der Waals surface area contributed by atoms with Crippen LogP contribution in [0.4, 0.5) is 0 Å². The number of carbonyl (C=O) groups excluding carboxylic acids is 2. The number of methoxy groups -OCH3 is 3. The van der Waals surface area contributed by atoms with Crippen LogP contribution in [0.15, 0.2) is 66.7 Å². The van der Waals surface area contributed by atoms with Gasteiger partial charge in [0.2, 0.25) is 0 Å². The molecule has 3 rings (SSSR count). The van der Waals surface area contributed by atoms with Gasteiger partial charge in [0.05, 0.1) is 27.9 Å². The Morgan fingerprint density at radius 2 is 1.24 bits per heavy atom. The minimum Gasteiger partial charge on any atom is -0.497 e. The summed E-state index contributed by atoms with van der Waals surface area (Å²) in [6.45, 7) is 2.66. The molecule has 0 saturated heterocycles. The molecule has 0 radical (unpaired) electrons. The van der Waals surface area contributed by atoms with Crippen molar-refractivity contribution in [1.29, 1.82) is 0 Å². The van der Waals surface area contributed by atoms with Crippen molar-refractivity contribution >= 4 is 11.8 Å². The third kappa shape index (κ3) is 7.64. The standard InChI is InChI=1S/C29H34N2O6/c1-5-6-7-18-37-26-19-22(12-17-25(26)36-4)27(30-28(32)20-8-13-23(34-2)14-9-20)31-29(33)21-10-15-24(35-3)16-11-21/h8-17,19,27H,5-7,18H2,1-4H3,(H,30,32)(H,31,33). The summed E-state index contributed by atoms with van der Waals surface area (Å²) in [5.74, 6) is 1.68. The van der Waals surface area contributed by atoms with Gasteiger partial charge < -0.3 is 29.6 Å². The fourth-order valence-electron chi connectivity index (χ4n) is 3.64. The molecule has 0 aromatic heterocycles. The first-order valence-corrected chi connectivity index (χ1v) is 12.2. The van der Waals surface area contributed by atoms with E-state index in [2.05, 4.69) is 17.6 Å². The summed E-state index contributed by atoms with van der Waals surface area (Å²) in [5.41, 5.74) is 1.48. The van der Waals surface area contributed by atoms with Gasteiger partial charge in [0.15, 0.2) is 11.5 Å². The molecule has 3 aromatic rings. The topological polar surface area (TPSA) is 95.1 Å². The van der Waals surface area contributed by atoms with E-state index in [0.717, 1.165) is 19.3 Å². The maximum absolute atomic E-state index is 13.1. The Hall–Kier alpha value is -4.20. The number of nitrogens with one attached hydrogen (secondary N) is 2. The fraction of sp³-hybridized carbons (Fsp3) is 0.310. The van der Waals surface area contributed by atoms with Gasteiger partial charge in [-0.3, -0.25) is 9.59 Å². The molecule has 2 N–H and O–H groups in total. The Kier molecular flexibility index (Phi) is 10.2. The Morgan fingerprint density at radius 3 is 1.70 bits per heavy atom. The molecule has 0 fully saturated rings. The Labute approximate surface area is 217 Å². The summed E-state index contributed by atoms with van der Waals surface area (Å²) in [7, 11) is 4.69. The highest BCUT2D eigenvalue weighted by Gasteiger charge is 2.21. The average molecular weight is 507 g/mol. The monoisotopic (exact) mass is 506 g/mol. The van der Waals surface area contributed by atoms with Crippen LogP contribution in [-0.4, -0.2) is 39.8 Å². The van der Waals surface area contributed by atoms with E-state index in [1.165, 1.54) is 0 Å². The molecule has 0 spiro atoms. The summed E-state index contributed by atoms with van der Waals surface area (Å²) < 4.78 is 21.8. The van der Waals surface area contributed by atoms with Crippen molar-refractivity contribution in [2.45, 2.75) is 32.4 Å². The van der Waals surface area contributed by atoms with Crippen LogP contribution in [-0.2, 0) is 0 Å². The van der Waals surface area contributed by atoms with Crippen LogP contribution in [0.5, 0.6) is 23.0 Å². The van der Waals surface area contributed by atoms with Gasteiger partial charge in [0.1, 0.15) is 17.7 Å². The second kappa shape index (κ2) is 13.8. The highest BCUT2D eigenvalue weighted by atomic mass is 16.5. The third-order valence-electron chi connectivity index (χ3n) is 5.78. The molecular formula is C29H34N2O6. The number of hydrogen-bond acceptors (Lipinski definition) is 6. The molecule has 0 atom stereocenters. The van der Waals surface area contributed by atoms with Crippen LogP contribution in [0.3, 0.4) is 0 Å². The van der Waals surface area contributed by atoms with Gasteiger partial charge in [-0.05, 0) is 72.6 Å². The number of hydrogen-bond donors (Lipinski definition) is 2. The van der Waals surface area contributed by atoms with Gasteiger partial charge in [-0.25, -0.2) is 0 Å². The van der Waals surface area contributed by atoms with Crippen LogP contribution in [0.1, 0.15) is 58.6 Å². The molecule has 0 aliphatic carbocycles. The molecular weight excluding hydrogens is 472 g/mol. The van der Waals surface area contributed by atoms with E-state index >= 15 is 0 Å². The SMILES string of the molecule is CCCCCOc1cc(C(NC(=O)c2ccc(OC)cc2)NC(=O)c2ccc(OC)cc2)ccc1OC. The number of ether oxygens (including phenoxy) is 4. The van der Waals surface area contributed by atoms with E-state index in [1.54, 1.807) is 88.1 Å². The molecule has 196 valence electrons. The zero-order valence-electron chi connectivity index (χ0n) is 21.7. The average Bonchev–Trinajstić information content (AvgIpc) is 2.94. The van der Waals surface area contributed by atoms with Gasteiger partial charge in [-0.2, -0.15) is 0 Å². The molecule has 0 bridgehead atoms. The van der Waals surface area contributed by atoms with Gasteiger partial charge >= 0.3 is 0 Å². The van der Waals surface area contributed by atoms with E-state index in [-0.39, 0.29) is 11.8 Å². The van der Waals surface area contributed by atoms with E-state index in [4.69, 9.17) is 18.9 Å². The van der Waals surface area contributed by atoms with Crippen molar-refractivity contribution in [3.8, 4) is 23.0 Å². The zero-order valence-corrected chi connectivity index (χ0v) is 21.7. The first-order chi connectivity index (χ1) is 18.0. The molecule has 8 nitrogen and oxygen atoms in total. The minimum absolute atomic E-state index is 0.357. The normalized spacial score (nSPS) is 10.5. The van der Waals surface area contributed by atoms with Crippen molar-refractivity contribution in [2.75, 3.05) is 27.9 Å². The van der Waals surface area contributed by atoms with E-state index in [1.807, 2.05) is 0 Å². The lowest BCUT2D eigenvalue weighted by molar-refractivity contribution is 0.0883. The second-order valence-electron chi connectivity index (χ2n) is 8.30. The number of carbonyl (C=O) groups is 2. The predicted molar refractivity (Wildman–Crippen MR) is 142 cm³/mol. The molecule has 0 aliphatic rings. The molecule has 0 heterocycles. The van der Waals surface area contributed by atoms with Crippen LogP contribution in [0, 0.1) is 0 Å². The molecule has 0 aliphatic heterocycles. The Balaban J connectivity index is 1.88. The Morgan fingerprint density at radius 1 is 0.703 bits per heavy atom. The van der Waals surface area contributed by atoms with Crippen molar-refractivity contribution in [2.24, 2.45) is 0 Å². The molecule has 0 unspecified atom stereocenters. The third-order valence-corrected chi connectivity index (χ3v) is 5.78. The maximum atomic E-state index is 13.1. The lowest BCUT2D eigenvalue weighted by Crippen LogP contribution is -2.41. The molecule has 8 heteroatoms. The summed E-state index contributed by atoms with van der Waals surface area (Å²) in [6.07, 6.45) is 2.21. The zero-order chi connectivity index (χ0) is 26.6. The smallest absolute Gasteiger partial charge is 0.253 e. The largest absolute Gasteiger partial charge is 0.497 e. The molecule has 3 aromatic carbocycles. The lowest BCUT2D eigenvalue weighted by atomic mass is 10.1. The van der Waals surface area contributed by atoms with Crippen molar-refractivity contribution in [3.63, 3.8) is 0 Å². The summed E-state index contributed by atoms with van der Waals surface area (Å²) in [6, 6.07) is 18.8. The summed E-state index contributed by atoms with van der Waals surface area (Å²) in [4.78, 5) is 26.2. The van der Waals surface area contributed by atoms with Crippen LogP contribution in [0.25, 0.3) is 0 Å². The van der Waals surface area contributed by atoms with Crippen molar-refractivity contribution < 1.29 is 28.5 Å². The summed E-state index contributed by atoms with van der Waals surface area (Å²) >= 11 is 0. The predicted octanol–water partition coefficient (Wildman–Crippen LogP) is 5.14. The van der Waals surface area contributed by atoms with Gasteiger partial charge in [-0.1, -0.05) is 25.8 Å². The fourth-order valence-corrected chi connectivity index (χ4v) is 3.64. The number of benzene rings is 3. The first kappa shape index (κ1) is 27.4. The van der Waals surface area contributed by atoms with Crippen LogP contribution >= 0.6 is 0 Å². The molecule has 2 amide bonds. The number of unbranched alkanes of at least 4 members (excludes halogenated alkanes) is 2. The van der Waals surface area contributed by atoms with Crippen molar-refractivity contribution in [1.82, 2.24) is 10.6 Å². The van der Waals surface area contributed by atoms with Gasteiger partial charge in [0.25, 0.3) is 11.8 Å². The highest BCUT2D eigenvalue weighted by molar-refractivity contribution is 5.97. The molecule has 37 heavy (non-hydrogen) atoms. The summed E-state index contributed by atoms with van der Waals surface area (Å²) in [5, 5.41) is 5.84. The highest BCUT2D eigenvalue weighted by Crippen LogP contribution is 2.30. The van der Waals surface area contributed by atoms with Gasteiger partial charge in [-0.15, -0.1) is 0 Å². The minimum atomic E-state index is -0.840. The Bertz CT molecular complexity index is 1100. The van der Waals surface area contributed by atoms with E-state index < -0.39 is 6.17 Å².